The van der Waals surface area contributed by atoms with E-state index in [9.17, 15) is 4.79 Å². The molecule has 0 radical (unpaired) electrons. The van der Waals surface area contributed by atoms with Crippen molar-refractivity contribution in [3.8, 4) is 0 Å². The third-order valence-corrected chi connectivity index (χ3v) is 7.69. The van der Waals surface area contributed by atoms with Crippen molar-refractivity contribution in [1.29, 1.82) is 0 Å². The molecular formula is C27H38N6O2. The van der Waals surface area contributed by atoms with Gasteiger partial charge in [0.15, 0.2) is 5.82 Å². The van der Waals surface area contributed by atoms with Gasteiger partial charge in [0.25, 0.3) is 5.56 Å². The topological polar surface area (TPSA) is 88.9 Å². The summed E-state index contributed by atoms with van der Waals surface area (Å²) >= 11 is 0. The average molecular weight is 479 g/mol. The second-order valence-electron chi connectivity index (χ2n) is 10.3. The van der Waals surface area contributed by atoms with Gasteiger partial charge in [-0.05, 0) is 73.0 Å². The van der Waals surface area contributed by atoms with Gasteiger partial charge in [-0.2, -0.15) is 0 Å². The molecule has 8 nitrogen and oxygen atoms in total. The van der Waals surface area contributed by atoms with E-state index in [-0.39, 0.29) is 17.7 Å². The van der Waals surface area contributed by atoms with Crippen molar-refractivity contribution in [3.63, 3.8) is 0 Å². The van der Waals surface area contributed by atoms with Crippen molar-refractivity contribution in [2.75, 3.05) is 6.61 Å². The van der Waals surface area contributed by atoms with Gasteiger partial charge in [-0.25, -0.2) is 4.68 Å². The molecule has 3 aromatic rings. The van der Waals surface area contributed by atoms with Gasteiger partial charge in [0.2, 0.25) is 0 Å². The number of nitrogens with zero attached hydrogens (tertiary/aromatic N) is 5. The molecule has 2 atom stereocenters. The molecule has 188 valence electrons. The second kappa shape index (κ2) is 11.0. The number of fused-ring (bicyclic) bond motifs is 1. The van der Waals surface area contributed by atoms with Gasteiger partial charge in [0.1, 0.15) is 0 Å². The molecular weight excluding hydrogens is 440 g/mol. The lowest BCUT2D eigenvalue weighted by Gasteiger charge is -2.39. The predicted octanol–water partition coefficient (Wildman–Crippen LogP) is 4.68. The SMILES string of the molecule is CCC[C@@H](c1nnnn1C[C@@H]1CCCO1)N(Cc1cc2cc(C)ccc2[nH]c1=O)C1CCCCC1. The van der Waals surface area contributed by atoms with Crippen LogP contribution in [0.5, 0.6) is 0 Å². The van der Waals surface area contributed by atoms with Crippen LogP contribution in [0.15, 0.2) is 29.1 Å². The monoisotopic (exact) mass is 478 g/mol. The summed E-state index contributed by atoms with van der Waals surface area (Å²) in [5, 5.41) is 14.1. The van der Waals surface area contributed by atoms with E-state index in [0.717, 1.165) is 67.4 Å². The maximum Gasteiger partial charge on any atom is 0.252 e. The average Bonchev–Trinajstić information content (AvgIpc) is 3.55. The van der Waals surface area contributed by atoms with Gasteiger partial charge in [-0.3, -0.25) is 9.69 Å². The van der Waals surface area contributed by atoms with E-state index >= 15 is 0 Å². The third-order valence-electron chi connectivity index (χ3n) is 7.69. The maximum atomic E-state index is 13.2. The van der Waals surface area contributed by atoms with Gasteiger partial charge in [0, 0.05) is 30.3 Å². The molecule has 8 heteroatoms. The number of hydrogen-bond donors (Lipinski definition) is 1. The Morgan fingerprint density at radius 1 is 1.17 bits per heavy atom. The summed E-state index contributed by atoms with van der Waals surface area (Å²) in [5.74, 6) is 0.904. The van der Waals surface area contributed by atoms with Crippen LogP contribution in [0, 0.1) is 6.92 Å². The number of pyridine rings is 1. The predicted molar refractivity (Wildman–Crippen MR) is 136 cm³/mol. The molecule has 1 N–H and O–H groups in total. The quantitative estimate of drug-likeness (QED) is 0.480. The smallest absolute Gasteiger partial charge is 0.252 e. The van der Waals surface area contributed by atoms with Crippen molar-refractivity contribution in [1.82, 2.24) is 30.1 Å². The molecule has 2 aliphatic rings. The fourth-order valence-electron chi connectivity index (χ4n) is 5.87. The summed E-state index contributed by atoms with van der Waals surface area (Å²) in [5.41, 5.74) is 2.89. The highest BCUT2D eigenvalue weighted by Crippen LogP contribution is 2.34. The minimum atomic E-state index is -0.00337. The Morgan fingerprint density at radius 3 is 2.80 bits per heavy atom. The fourth-order valence-corrected chi connectivity index (χ4v) is 5.87. The molecule has 3 heterocycles. The summed E-state index contributed by atoms with van der Waals surface area (Å²) in [4.78, 5) is 18.8. The summed E-state index contributed by atoms with van der Waals surface area (Å²) in [6.07, 6.45) is 10.3. The number of aryl methyl sites for hydroxylation is 1. The molecule has 0 bridgehead atoms. The first-order valence-electron chi connectivity index (χ1n) is 13.4. The zero-order valence-corrected chi connectivity index (χ0v) is 21.1. The highest BCUT2D eigenvalue weighted by molar-refractivity contribution is 5.79. The molecule has 35 heavy (non-hydrogen) atoms. The first-order valence-corrected chi connectivity index (χ1v) is 13.4. The number of H-pyrrole nitrogens is 1. The van der Waals surface area contributed by atoms with E-state index in [0.29, 0.717) is 19.1 Å². The van der Waals surface area contributed by atoms with Crippen LogP contribution in [-0.4, -0.2) is 48.8 Å². The molecule has 0 amide bonds. The van der Waals surface area contributed by atoms with E-state index in [4.69, 9.17) is 4.74 Å². The largest absolute Gasteiger partial charge is 0.376 e. The normalized spacial score (nSPS) is 20.1. The minimum absolute atomic E-state index is 0.00337. The first kappa shape index (κ1) is 24.1. The first-order chi connectivity index (χ1) is 17.1. The lowest BCUT2D eigenvalue weighted by molar-refractivity contribution is 0.0713. The molecule has 2 fully saturated rings. The highest BCUT2D eigenvalue weighted by atomic mass is 16.5. The Labute approximate surface area is 207 Å². The lowest BCUT2D eigenvalue weighted by Crippen LogP contribution is -2.41. The van der Waals surface area contributed by atoms with Crippen LogP contribution >= 0.6 is 0 Å². The van der Waals surface area contributed by atoms with E-state index in [1.54, 1.807) is 0 Å². The summed E-state index contributed by atoms with van der Waals surface area (Å²) in [7, 11) is 0. The molecule has 2 aromatic heterocycles. The van der Waals surface area contributed by atoms with Crippen LogP contribution in [0.1, 0.15) is 87.7 Å². The number of tetrazole rings is 1. The molecule has 0 spiro atoms. The molecule has 1 saturated carbocycles. The Morgan fingerprint density at radius 2 is 2.03 bits per heavy atom. The summed E-state index contributed by atoms with van der Waals surface area (Å²) in [6, 6.07) is 8.74. The molecule has 1 aromatic carbocycles. The molecule has 0 unspecified atom stereocenters. The second-order valence-corrected chi connectivity index (χ2v) is 10.3. The Bertz CT molecular complexity index is 1180. The molecule has 1 aliphatic heterocycles. The minimum Gasteiger partial charge on any atom is -0.376 e. The number of ether oxygens (including phenoxy) is 1. The Balaban J connectivity index is 1.50. The maximum absolute atomic E-state index is 13.2. The highest BCUT2D eigenvalue weighted by Gasteiger charge is 2.33. The van der Waals surface area contributed by atoms with Crippen LogP contribution in [0.3, 0.4) is 0 Å². The van der Waals surface area contributed by atoms with Gasteiger partial charge in [0.05, 0.1) is 18.7 Å². The Kier molecular flexibility index (Phi) is 7.58. The zero-order chi connectivity index (χ0) is 24.2. The molecule has 1 saturated heterocycles. The third kappa shape index (κ3) is 5.48. The number of hydrogen-bond acceptors (Lipinski definition) is 6. The Hall–Kier alpha value is -2.58. The number of aromatic amines is 1. The van der Waals surface area contributed by atoms with Crippen LogP contribution in [0.25, 0.3) is 10.9 Å². The van der Waals surface area contributed by atoms with E-state index in [1.807, 2.05) is 16.8 Å². The van der Waals surface area contributed by atoms with Crippen LogP contribution in [0.2, 0.25) is 0 Å². The van der Waals surface area contributed by atoms with Gasteiger partial charge < -0.3 is 9.72 Å². The number of rotatable bonds is 9. The van der Waals surface area contributed by atoms with Crippen LogP contribution in [0.4, 0.5) is 0 Å². The zero-order valence-electron chi connectivity index (χ0n) is 21.1. The molecule has 5 rings (SSSR count). The van der Waals surface area contributed by atoms with E-state index in [2.05, 4.69) is 51.4 Å². The van der Waals surface area contributed by atoms with Crippen molar-refractivity contribution in [3.05, 3.63) is 51.6 Å². The van der Waals surface area contributed by atoms with Gasteiger partial charge >= 0.3 is 0 Å². The van der Waals surface area contributed by atoms with Crippen molar-refractivity contribution in [2.24, 2.45) is 0 Å². The van der Waals surface area contributed by atoms with Crippen molar-refractivity contribution in [2.45, 2.75) is 103 Å². The number of nitrogens with one attached hydrogen (secondary N) is 1. The standard InChI is InChI=1S/C27H38N6O2/c1-3-8-25(26-29-30-31-33(26)18-23-11-7-14-35-23)32(22-9-5-4-6-10-22)17-21-16-20-15-19(2)12-13-24(20)28-27(21)34/h12-13,15-16,22-23,25H,3-11,14,17-18H2,1-2H3,(H,28,34)/t23-,25-/m0/s1. The van der Waals surface area contributed by atoms with E-state index in [1.165, 1.54) is 24.8 Å². The summed E-state index contributed by atoms with van der Waals surface area (Å²) in [6.45, 7) is 6.41. The lowest BCUT2D eigenvalue weighted by atomic mass is 9.91. The van der Waals surface area contributed by atoms with Crippen molar-refractivity contribution < 1.29 is 4.74 Å². The van der Waals surface area contributed by atoms with Crippen LogP contribution < -0.4 is 5.56 Å². The number of aromatic nitrogens is 5. The molecule has 1 aliphatic carbocycles. The van der Waals surface area contributed by atoms with Gasteiger partial charge in [-0.1, -0.05) is 44.2 Å². The van der Waals surface area contributed by atoms with Gasteiger partial charge in [-0.15, -0.1) is 5.10 Å². The van der Waals surface area contributed by atoms with Crippen molar-refractivity contribution >= 4 is 10.9 Å². The van der Waals surface area contributed by atoms with Crippen LogP contribution in [-0.2, 0) is 17.8 Å². The fraction of sp³-hybridized carbons (Fsp3) is 0.630. The number of benzene rings is 1. The summed E-state index contributed by atoms with van der Waals surface area (Å²) < 4.78 is 7.84. The van der Waals surface area contributed by atoms with E-state index < -0.39 is 0 Å².